The molecule has 0 radical (unpaired) electrons. The second-order valence-electron chi connectivity index (χ2n) is 9.01. The molecule has 9 nitrogen and oxygen atoms in total. The SMILES string of the molecule is O=C([O-])C(F)(F)F.[NH3+]Cc1ccc(-c2nc3ccnc(-c4nc(-c5cc[nH+]cc5)n[nH]4)c3cc2-c2ccccc2)cc1. The number of carbonyl (C=O) groups is 1. The number of halogens is 3. The number of aromatic nitrogens is 6. The van der Waals surface area contributed by atoms with Crippen LogP contribution in [0.4, 0.5) is 13.2 Å². The van der Waals surface area contributed by atoms with E-state index in [0.29, 0.717) is 17.3 Å². The molecule has 0 atom stereocenters. The number of rotatable bonds is 5. The summed E-state index contributed by atoms with van der Waals surface area (Å²) in [7, 11) is 0. The Hall–Kier alpha value is -5.49. The predicted molar refractivity (Wildman–Crippen MR) is 145 cm³/mol. The summed E-state index contributed by atoms with van der Waals surface area (Å²) in [5.41, 5.74) is 11.8. The molecule has 6 rings (SSSR count). The van der Waals surface area contributed by atoms with Gasteiger partial charge in [-0.3, -0.25) is 10.1 Å². The number of benzene rings is 2. The van der Waals surface area contributed by atoms with Crippen LogP contribution in [0.3, 0.4) is 0 Å². The van der Waals surface area contributed by atoms with Gasteiger partial charge in [0.2, 0.25) is 0 Å². The van der Waals surface area contributed by atoms with Crippen molar-refractivity contribution in [1.82, 2.24) is 25.1 Å². The first-order chi connectivity index (χ1) is 20.2. The van der Waals surface area contributed by atoms with Crippen molar-refractivity contribution in [3.8, 4) is 45.3 Å². The Balaban J connectivity index is 0.000000451. The highest BCUT2D eigenvalue weighted by Gasteiger charge is 2.28. The van der Waals surface area contributed by atoms with Gasteiger partial charge in [0, 0.05) is 46.0 Å². The van der Waals surface area contributed by atoms with Crippen LogP contribution in [0.15, 0.2) is 97.5 Å². The fourth-order valence-corrected chi connectivity index (χ4v) is 4.20. The standard InChI is InChI=1S/C28H21N7.C2HF3O2/c29-17-18-6-8-20(9-7-18)25-22(19-4-2-1-3-5-19)16-23-24(32-25)12-15-31-26(23)28-33-27(34-35-28)21-10-13-30-14-11-21;3-2(4,5)1(6)7/h1-16H,17,29H2,(H,33,34,35);(H,6,7)/p+1. The lowest BCUT2D eigenvalue weighted by atomic mass is 9.96. The Morgan fingerprint density at radius 2 is 1.57 bits per heavy atom. The number of nitrogens with zero attached hydrogens (tertiary/aromatic N) is 4. The maximum Gasteiger partial charge on any atom is 0.430 e. The van der Waals surface area contributed by atoms with Crippen LogP contribution in [0.1, 0.15) is 5.56 Å². The normalized spacial score (nSPS) is 11.1. The van der Waals surface area contributed by atoms with Gasteiger partial charge in [0.1, 0.15) is 11.7 Å². The maximum absolute atomic E-state index is 10.5. The van der Waals surface area contributed by atoms with Crippen molar-refractivity contribution in [2.24, 2.45) is 0 Å². The van der Waals surface area contributed by atoms with Crippen LogP contribution in [-0.2, 0) is 11.3 Å². The third-order valence-electron chi connectivity index (χ3n) is 6.26. The Kier molecular flexibility index (Phi) is 7.98. The zero-order valence-electron chi connectivity index (χ0n) is 21.9. The molecule has 0 bridgehead atoms. The molecule has 5 N–H and O–H groups in total. The number of H-pyrrole nitrogens is 2. The van der Waals surface area contributed by atoms with Crippen molar-refractivity contribution in [1.29, 1.82) is 0 Å². The van der Waals surface area contributed by atoms with Crippen molar-refractivity contribution in [3.63, 3.8) is 0 Å². The lowest BCUT2D eigenvalue weighted by molar-refractivity contribution is -0.386. The molecular weight excluding hydrogens is 547 g/mol. The minimum atomic E-state index is -5.19. The molecule has 0 saturated heterocycles. The van der Waals surface area contributed by atoms with E-state index in [1.54, 1.807) is 6.20 Å². The fourth-order valence-electron chi connectivity index (χ4n) is 4.20. The quantitative estimate of drug-likeness (QED) is 0.325. The van der Waals surface area contributed by atoms with E-state index in [0.717, 1.165) is 45.4 Å². The lowest BCUT2D eigenvalue weighted by Gasteiger charge is -2.13. The second-order valence-corrected chi connectivity index (χ2v) is 9.01. The first-order valence-electron chi connectivity index (χ1n) is 12.7. The number of alkyl halides is 3. The summed E-state index contributed by atoms with van der Waals surface area (Å²) in [6, 6.07) is 26.7. The van der Waals surface area contributed by atoms with Gasteiger partial charge in [0.25, 0.3) is 0 Å². The molecule has 42 heavy (non-hydrogen) atoms. The summed E-state index contributed by atoms with van der Waals surface area (Å²) in [5.74, 6) is -1.79. The maximum atomic E-state index is 10.5. The Morgan fingerprint density at radius 1 is 0.881 bits per heavy atom. The van der Waals surface area contributed by atoms with Crippen LogP contribution in [0.2, 0.25) is 0 Å². The number of hydrogen-bond acceptors (Lipinski definition) is 6. The van der Waals surface area contributed by atoms with Crippen LogP contribution in [0.5, 0.6) is 0 Å². The number of fused-ring (bicyclic) bond motifs is 1. The van der Waals surface area contributed by atoms with Gasteiger partial charge in [-0.2, -0.15) is 18.3 Å². The number of carbonyl (C=O) groups excluding carboxylic acids is 1. The molecule has 0 saturated carbocycles. The number of aliphatic carboxylic acids is 1. The summed E-state index contributed by atoms with van der Waals surface area (Å²) in [6.07, 6.45) is 0.271. The molecule has 0 aliphatic carbocycles. The summed E-state index contributed by atoms with van der Waals surface area (Å²) in [5, 5.41) is 17.2. The van der Waals surface area contributed by atoms with E-state index in [1.807, 2.05) is 48.8 Å². The van der Waals surface area contributed by atoms with E-state index >= 15 is 0 Å². The highest BCUT2D eigenvalue weighted by molar-refractivity contribution is 5.97. The van der Waals surface area contributed by atoms with Gasteiger partial charge < -0.3 is 15.6 Å². The van der Waals surface area contributed by atoms with E-state index in [2.05, 4.69) is 68.4 Å². The monoisotopic (exact) mass is 570 g/mol. The van der Waals surface area contributed by atoms with Crippen molar-refractivity contribution in [2.45, 2.75) is 12.7 Å². The van der Waals surface area contributed by atoms with Gasteiger partial charge in [0.15, 0.2) is 24.0 Å². The number of pyridine rings is 3. The van der Waals surface area contributed by atoms with E-state index in [-0.39, 0.29) is 0 Å². The molecule has 0 spiro atoms. The molecule has 0 aliphatic heterocycles. The smallest absolute Gasteiger partial charge is 0.430 e. The highest BCUT2D eigenvalue weighted by Crippen LogP contribution is 2.36. The third kappa shape index (κ3) is 6.13. The van der Waals surface area contributed by atoms with E-state index < -0.39 is 12.1 Å². The van der Waals surface area contributed by atoms with Gasteiger partial charge in [-0.25, -0.2) is 15.0 Å². The molecule has 12 heteroatoms. The summed E-state index contributed by atoms with van der Waals surface area (Å²) < 4.78 is 31.5. The van der Waals surface area contributed by atoms with E-state index in [1.165, 1.54) is 5.56 Å². The molecule has 6 aromatic rings. The molecule has 0 aliphatic rings. The minimum absolute atomic E-state index is 0.604. The number of carboxylic acids is 1. The predicted octanol–water partition coefficient (Wildman–Crippen LogP) is 3.27. The Labute approximate surface area is 237 Å². The third-order valence-corrected chi connectivity index (χ3v) is 6.26. The molecule has 0 unspecified atom stereocenters. The zero-order chi connectivity index (χ0) is 29.7. The summed E-state index contributed by atoms with van der Waals surface area (Å²) in [4.78, 5) is 26.3. The van der Waals surface area contributed by atoms with E-state index in [9.17, 15) is 13.2 Å². The largest absolute Gasteiger partial charge is 0.542 e. The van der Waals surface area contributed by atoms with Crippen LogP contribution >= 0.6 is 0 Å². The topological polar surface area (TPSA) is 149 Å². The number of aromatic amines is 2. The average Bonchev–Trinajstić information content (AvgIpc) is 3.51. The van der Waals surface area contributed by atoms with Crippen LogP contribution in [0.25, 0.3) is 56.2 Å². The number of nitrogens with one attached hydrogen (secondary N) is 2. The van der Waals surface area contributed by atoms with Crippen molar-refractivity contribution in [2.75, 3.05) is 0 Å². The van der Waals surface area contributed by atoms with Crippen molar-refractivity contribution < 1.29 is 33.8 Å². The second kappa shape index (κ2) is 11.9. The number of hydrogen-bond donors (Lipinski definition) is 2. The first-order valence-corrected chi connectivity index (χ1v) is 12.7. The average molecular weight is 571 g/mol. The zero-order valence-corrected chi connectivity index (χ0v) is 21.9. The molecule has 4 heterocycles. The summed E-state index contributed by atoms with van der Waals surface area (Å²) >= 11 is 0. The summed E-state index contributed by atoms with van der Waals surface area (Å²) in [6.45, 7) is 0.756. The van der Waals surface area contributed by atoms with E-state index in [4.69, 9.17) is 19.9 Å². The van der Waals surface area contributed by atoms with Crippen molar-refractivity contribution in [3.05, 3.63) is 103 Å². The van der Waals surface area contributed by atoms with Gasteiger partial charge in [-0.15, -0.1) is 0 Å². The molecular formula is C30H23F3N7O2+. The Bertz CT molecular complexity index is 1830. The van der Waals surface area contributed by atoms with Gasteiger partial charge >= 0.3 is 6.18 Å². The minimum Gasteiger partial charge on any atom is -0.542 e. The molecule has 2 aromatic carbocycles. The molecule has 4 aromatic heterocycles. The van der Waals surface area contributed by atoms with Crippen LogP contribution in [0, 0.1) is 0 Å². The van der Waals surface area contributed by atoms with Crippen LogP contribution in [-0.4, -0.2) is 37.3 Å². The lowest BCUT2D eigenvalue weighted by Crippen LogP contribution is -2.47. The number of quaternary nitrogens is 1. The first kappa shape index (κ1) is 28.1. The fraction of sp³-hybridized carbons (Fsp3) is 0.0667. The Morgan fingerprint density at radius 3 is 2.21 bits per heavy atom. The highest BCUT2D eigenvalue weighted by atomic mass is 19.4. The van der Waals surface area contributed by atoms with Crippen LogP contribution < -0.4 is 15.8 Å². The van der Waals surface area contributed by atoms with Gasteiger partial charge in [-0.05, 0) is 17.7 Å². The van der Waals surface area contributed by atoms with Gasteiger partial charge in [-0.1, -0.05) is 54.6 Å². The van der Waals surface area contributed by atoms with Crippen molar-refractivity contribution >= 4 is 16.9 Å². The molecule has 210 valence electrons. The molecule has 0 amide bonds. The molecule has 0 fully saturated rings. The van der Waals surface area contributed by atoms with Gasteiger partial charge in [0.05, 0.1) is 17.8 Å². The number of carboxylic acid groups (broad SMARTS) is 1.